The number of carbonyl (C=O) groups excluding carboxylic acids is 5. The van der Waals surface area contributed by atoms with Crippen LogP contribution in [0.15, 0.2) is 92.3 Å². The summed E-state index contributed by atoms with van der Waals surface area (Å²) in [6.07, 6.45) is 16.9. The van der Waals surface area contributed by atoms with Crippen molar-refractivity contribution >= 4 is 37.7 Å². The van der Waals surface area contributed by atoms with Gasteiger partial charge in [-0.2, -0.15) is 27.7 Å². The summed E-state index contributed by atoms with van der Waals surface area (Å²) in [7, 11) is -10.7. The van der Waals surface area contributed by atoms with Crippen molar-refractivity contribution in [2.75, 3.05) is 6.61 Å². The standard InChI is InChI=1S/C4H8O2.3C3H4N2.2C3H3N2.4C2H4O2.3Co.F6P.O/c1-3-6-4(2)5;5*1-2-4-5-3-1;4*1-2(3)4;;;;1-7(2,3,4,5)6;/h3H2,1-2H3;3*1-3H,(H,4,5);2*1-3H;4*1H3,(H,3,4);;;;;/q;;;;2*-1;;;;;3*+3;-1;-2/p-4. The largest absolute Gasteiger partial charge is 3.00 e. The van der Waals surface area contributed by atoms with Gasteiger partial charge in [0.1, 0.15) is 0 Å². The van der Waals surface area contributed by atoms with Gasteiger partial charge in [-0.15, -0.1) is 0 Å². The van der Waals surface area contributed by atoms with E-state index in [9.17, 15) is 30.0 Å². The fourth-order valence-electron chi connectivity index (χ4n) is 1.23. The molecule has 5 aromatic rings. The Morgan fingerprint density at radius 1 is 0.552 bits per heavy atom. The molecule has 5 aromatic heterocycles. The van der Waals surface area contributed by atoms with Gasteiger partial charge in [-0.05, 0) is 52.8 Å². The van der Waals surface area contributed by atoms with E-state index in [0.717, 1.165) is 27.7 Å². The molecule has 58 heavy (non-hydrogen) atoms. The topological polar surface area (TPSA) is 355 Å². The summed E-state index contributed by atoms with van der Waals surface area (Å²) in [6, 6.07) is 9.06. The Morgan fingerprint density at radius 3 is 0.810 bits per heavy atom. The van der Waals surface area contributed by atoms with Gasteiger partial charge in [0, 0.05) is 80.4 Å². The molecule has 31 heteroatoms. The molecule has 0 atom stereocenters. The number of H-pyrrole nitrogens is 3. The first-order valence-electron chi connectivity index (χ1n) is 13.6. The van der Waals surface area contributed by atoms with Gasteiger partial charge in [0.05, 0.1) is 6.61 Å². The van der Waals surface area contributed by atoms with Crippen LogP contribution in [0.25, 0.3) is 0 Å². The summed E-state index contributed by atoms with van der Waals surface area (Å²) in [6.45, 7) is 7.54. The van der Waals surface area contributed by atoms with Crippen molar-refractivity contribution in [3.63, 3.8) is 0 Å². The summed E-state index contributed by atoms with van der Waals surface area (Å²) < 4.78 is 63.6. The van der Waals surface area contributed by atoms with E-state index >= 15 is 0 Å². The first-order valence-corrected chi connectivity index (χ1v) is 15.7. The van der Waals surface area contributed by atoms with Gasteiger partial charge >= 0.3 is 89.3 Å². The van der Waals surface area contributed by atoms with E-state index < -0.39 is 31.7 Å². The third-order valence-corrected chi connectivity index (χ3v) is 2.31. The number of hydrogen-bond acceptors (Lipinski definition) is 15. The van der Waals surface area contributed by atoms with E-state index in [2.05, 4.69) is 55.7 Å². The molecule has 0 amide bonds. The van der Waals surface area contributed by atoms with Crippen LogP contribution in [0.3, 0.4) is 0 Å². The molecule has 0 aliphatic heterocycles. The summed E-state index contributed by atoms with van der Waals surface area (Å²) in [4.78, 5) is 45.4. The van der Waals surface area contributed by atoms with Gasteiger partial charge in [-0.25, -0.2) is 0 Å². The first-order chi connectivity index (χ1) is 24.6. The van der Waals surface area contributed by atoms with E-state index in [1.165, 1.54) is 6.92 Å². The third kappa shape index (κ3) is 242. The van der Waals surface area contributed by atoms with Crippen LogP contribution in [0.5, 0.6) is 0 Å². The van der Waals surface area contributed by atoms with E-state index in [1.807, 2.05) is 18.2 Å². The number of carboxylic acids is 4. The molecule has 3 N–H and O–H groups in total. The van der Waals surface area contributed by atoms with Crippen molar-refractivity contribution < 1.29 is 130 Å². The molecule has 0 saturated heterocycles. The van der Waals surface area contributed by atoms with Crippen molar-refractivity contribution in [2.45, 2.75) is 41.5 Å². The molecule has 0 fully saturated rings. The number of rotatable bonds is 1. The van der Waals surface area contributed by atoms with Crippen molar-refractivity contribution in [1.29, 1.82) is 0 Å². The molecule has 5 heterocycles. The molecule has 0 aliphatic rings. The Kier molecular flexibility index (Phi) is 66.6. The average Bonchev–Trinajstić information content (AvgIpc) is 3.87. The molecular formula is C27H38Co3F6N10O11P. The van der Waals surface area contributed by atoms with Crippen molar-refractivity contribution in [3.05, 3.63) is 92.3 Å². The molecular weight excluding hydrogens is 962 g/mol. The molecule has 21 nitrogen and oxygen atoms in total. The Balaban J connectivity index is -0.0000000545. The molecule has 336 valence electrons. The Labute approximate surface area is 358 Å². The minimum absolute atomic E-state index is 0. The maximum Gasteiger partial charge on any atom is 3.00 e. The summed E-state index contributed by atoms with van der Waals surface area (Å²) in [5, 5.41) is 68.1. The van der Waals surface area contributed by atoms with E-state index in [-0.39, 0.29) is 61.8 Å². The van der Waals surface area contributed by atoms with Crippen LogP contribution in [0, 0.1) is 0 Å². The van der Waals surface area contributed by atoms with Crippen LogP contribution in [0.1, 0.15) is 41.5 Å². The van der Waals surface area contributed by atoms with Crippen molar-refractivity contribution in [2.24, 2.45) is 0 Å². The number of nitrogens with zero attached hydrogens (tertiary/aromatic N) is 7. The average molecular weight is 1000 g/mol. The molecule has 0 spiro atoms. The molecule has 0 radical (unpaired) electrons. The molecule has 0 aliphatic carbocycles. The number of carboxylic acid groups (broad SMARTS) is 4. The Hall–Kier alpha value is -5.11. The molecule has 0 unspecified atom stereocenters. The minimum Gasteiger partial charge on any atom is -2.00 e. The molecule has 5 rings (SSSR count). The smallest absolute Gasteiger partial charge is 2.00 e. The van der Waals surface area contributed by atoms with Gasteiger partial charge in [0.25, 0.3) is 0 Å². The van der Waals surface area contributed by atoms with Gasteiger partial charge in [0.15, 0.2) is 0 Å². The Morgan fingerprint density at radius 2 is 0.776 bits per heavy atom. The zero-order valence-corrected chi connectivity index (χ0v) is 34.7. The SMILES string of the molecule is CC(=O)[O-].CC(=O)[O-].CC(=O)[O-].CC(=O)[O-].CCOC(C)=O.F[P-](F)(F)(F)(F)F.[Co+3].[Co+3].[Co+3].[O-2].c1cn[n-]c1.c1cn[n-]c1.c1cn[nH]c1.c1cn[nH]c1.c1cn[nH]c1. The van der Waals surface area contributed by atoms with Crippen LogP contribution in [0.4, 0.5) is 25.2 Å². The van der Waals surface area contributed by atoms with Crippen LogP contribution < -0.4 is 30.6 Å². The van der Waals surface area contributed by atoms with Crippen molar-refractivity contribution in [1.82, 2.24) is 51.0 Å². The number of carbonyl (C=O) groups is 5. The predicted octanol–water partition coefficient (Wildman–Crippen LogP) is 0.157. The van der Waals surface area contributed by atoms with Crippen LogP contribution in [-0.2, 0) is 84.5 Å². The number of esters is 1. The number of hydrogen-bond donors (Lipinski definition) is 3. The quantitative estimate of drug-likeness (QED) is 0.114. The Bertz CT molecular complexity index is 1160. The minimum atomic E-state index is -10.7. The van der Waals surface area contributed by atoms with Crippen LogP contribution in [0.2, 0.25) is 0 Å². The van der Waals surface area contributed by atoms with Gasteiger partial charge in [0.2, 0.25) is 0 Å². The zero-order chi connectivity index (χ0) is 43.4. The van der Waals surface area contributed by atoms with Gasteiger partial charge in [-0.1, -0.05) is 12.1 Å². The van der Waals surface area contributed by atoms with Crippen LogP contribution >= 0.6 is 7.81 Å². The van der Waals surface area contributed by atoms with E-state index in [1.54, 1.807) is 81.0 Å². The second kappa shape index (κ2) is 49.9. The number of aliphatic carboxylic acids is 4. The fraction of sp³-hybridized carbons (Fsp3) is 0.259. The van der Waals surface area contributed by atoms with Gasteiger partial charge in [-0.3, -0.25) is 20.1 Å². The van der Waals surface area contributed by atoms with Gasteiger partial charge < -0.3 is 70.2 Å². The monoisotopic (exact) mass is 1000 g/mol. The summed E-state index contributed by atoms with van der Waals surface area (Å²) in [5.41, 5.74) is 0. The maximum absolute atomic E-state index is 10.7. The third-order valence-electron chi connectivity index (χ3n) is 2.31. The summed E-state index contributed by atoms with van der Waals surface area (Å²) >= 11 is 0. The maximum atomic E-state index is 9.87. The van der Waals surface area contributed by atoms with E-state index in [4.69, 9.17) is 39.6 Å². The second-order valence-corrected chi connectivity index (χ2v) is 9.51. The molecule has 0 aromatic carbocycles. The first kappa shape index (κ1) is 77.4. The van der Waals surface area contributed by atoms with Crippen molar-refractivity contribution in [3.8, 4) is 0 Å². The second-order valence-electron chi connectivity index (χ2n) is 7.59. The number of nitrogens with one attached hydrogen (secondary N) is 3. The van der Waals surface area contributed by atoms with E-state index in [0.29, 0.717) is 6.61 Å². The number of halogens is 6. The summed E-state index contributed by atoms with van der Waals surface area (Å²) in [5.74, 6) is -4.54. The number of aromatic nitrogens is 10. The van der Waals surface area contributed by atoms with Crippen LogP contribution in [-0.4, -0.2) is 77.2 Å². The number of aromatic amines is 3. The number of ether oxygens (including phenoxy) is 1. The fourth-order valence-corrected chi connectivity index (χ4v) is 1.23. The predicted molar refractivity (Wildman–Crippen MR) is 170 cm³/mol. The molecule has 0 bridgehead atoms. The zero-order valence-electron chi connectivity index (χ0n) is 30.7. The molecule has 0 saturated carbocycles. The normalized spacial score (nSPS) is 8.76.